The summed E-state index contributed by atoms with van der Waals surface area (Å²) >= 11 is 3.42. The third-order valence-corrected chi connectivity index (χ3v) is 3.82. The fourth-order valence-electron chi connectivity index (χ4n) is 1.97. The van der Waals surface area contributed by atoms with Crippen molar-refractivity contribution in [3.05, 3.63) is 10.8 Å². The van der Waals surface area contributed by atoms with Crippen LogP contribution in [0.15, 0.2) is 10.8 Å². The molecule has 0 spiro atoms. The van der Waals surface area contributed by atoms with E-state index in [9.17, 15) is 4.79 Å². The highest BCUT2D eigenvalue weighted by Crippen LogP contribution is 2.26. The lowest BCUT2D eigenvalue weighted by atomic mass is 10.2. The molecule has 110 valence electrons. The van der Waals surface area contributed by atoms with E-state index in [2.05, 4.69) is 36.5 Å². The van der Waals surface area contributed by atoms with Gasteiger partial charge < -0.3 is 20.3 Å². The molecule has 7 nitrogen and oxygen atoms in total. The summed E-state index contributed by atoms with van der Waals surface area (Å²) < 4.78 is 5.96. The van der Waals surface area contributed by atoms with Crippen molar-refractivity contribution in [3.63, 3.8) is 0 Å². The maximum absolute atomic E-state index is 12.3. The molecule has 2 heterocycles. The van der Waals surface area contributed by atoms with E-state index < -0.39 is 0 Å². The lowest BCUT2D eigenvalue weighted by molar-refractivity contribution is -0.135. The molecule has 1 aliphatic rings. The average molecular weight is 344 g/mol. The molecule has 0 saturated carbocycles. The van der Waals surface area contributed by atoms with Crippen molar-refractivity contribution in [2.45, 2.75) is 13.0 Å². The second kappa shape index (κ2) is 6.85. The molecule has 1 amide bonds. The van der Waals surface area contributed by atoms with Crippen LogP contribution in [-0.4, -0.2) is 60.2 Å². The summed E-state index contributed by atoms with van der Waals surface area (Å²) in [6, 6.07) is -0.357. The quantitative estimate of drug-likeness (QED) is 0.846. The summed E-state index contributed by atoms with van der Waals surface area (Å²) in [5.74, 6) is 1.32. The third-order valence-electron chi connectivity index (χ3n) is 3.07. The normalized spacial score (nSPS) is 16.6. The van der Waals surface area contributed by atoms with Gasteiger partial charge in [0.1, 0.15) is 28.5 Å². The molecule has 1 aliphatic heterocycles. The number of amides is 1. The predicted octanol–water partition coefficient (Wildman–Crippen LogP) is 0.940. The highest BCUT2D eigenvalue weighted by molar-refractivity contribution is 9.10. The Hall–Kier alpha value is -1.41. The number of aromatic nitrogens is 2. The fourth-order valence-corrected chi connectivity index (χ4v) is 2.49. The van der Waals surface area contributed by atoms with E-state index in [0.717, 1.165) is 0 Å². The number of carbonyl (C=O) groups excluding carboxylic acids is 1. The van der Waals surface area contributed by atoms with E-state index >= 15 is 0 Å². The highest BCUT2D eigenvalue weighted by atomic mass is 79.9. The van der Waals surface area contributed by atoms with Crippen molar-refractivity contribution in [1.29, 1.82) is 0 Å². The van der Waals surface area contributed by atoms with E-state index in [1.54, 1.807) is 11.9 Å². The van der Waals surface area contributed by atoms with Gasteiger partial charge in [0.25, 0.3) is 0 Å². The standard InChI is InChI=1S/C12H18BrN5O2/c1-8(12(19)18-3-5-20-6-4-18)17-11-9(13)10(14-2)15-7-16-11/h7-8H,3-6H2,1-2H3,(H2,14,15,16,17). The van der Waals surface area contributed by atoms with Crippen LogP contribution in [0.5, 0.6) is 0 Å². The van der Waals surface area contributed by atoms with Crippen molar-refractivity contribution in [2.75, 3.05) is 44.0 Å². The average Bonchev–Trinajstić information content (AvgIpc) is 2.49. The van der Waals surface area contributed by atoms with Gasteiger partial charge in [-0.2, -0.15) is 0 Å². The third kappa shape index (κ3) is 3.37. The fraction of sp³-hybridized carbons (Fsp3) is 0.583. The maximum Gasteiger partial charge on any atom is 0.244 e. The molecule has 1 aromatic rings. The van der Waals surface area contributed by atoms with Gasteiger partial charge in [-0.3, -0.25) is 4.79 Å². The number of ether oxygens (including phenoxy) is 1. The minimum Gasteiger partial charge on any atom is -0.378 e. The minimum atomic E-state index is -0.357. The second-order valence-corrected chi connectivity index (χ2v) is 5.23. The van der Waals surface area contributed by atoms with Crippen LogP contribution >= 0.6 is 15.9 Å². The van der Waals surface area contributed by atoms with E-state index in [0.29, 0.717) is 42.4 Å². The van der Waals surface area contributed by atoms with Gasteiger partial charge in [0.05, 0.1) is 13.2 Å². The van der Waals surface area contributed by atoms with Gasteiger partial charge in [-0.1, -0.05) is 0 Å². The molecule has 1 aromatic heterocycles. The van der Waals surface area contributed by atoms with E-state index in [1.165, 1.54) is 6.33 Å². The van der Waals surface area contributed by atoms with Gasteiger partial charge >= 0.3 is 0 Å². The van der Waals surface area contributed by atoms with Gasteiger partial charge in [-0.05, 0) is 22.9 Å². The van der Waals surface area contributed by atoms with Crippen molar-refractivity contribution < 1.29 is 9.53 Å². The molecule has 1 saturated heterocycles. The minimum absolute atomic E-state index is 0.0461. The van der Waals surface area contributed by atoms with Gasteiger partial charge in [0.15, 0.2) is 0 Å². The van der Waals surface area contributed by atoms with Crippen LogP contribution < -0.4 is 10.6 Å². The Morgan fingerprint density at radius 3 is 2.70 bits per heavy atom. The summed E-state index contributed by atoms with van der Waals surface area (Å²) in [4.78, 5) is 22.3. The lowest BCUT2D eigenvalue weighted by Gasteiger charge is -2.29. The van der Waals surface area contributed by atoms with E-state index in [4.69, 9.17) is 4.74 Å². The van der Waals surface area contributed by atoms with Gasteiger partial charge in [0, 0.05) is 20.1 Å². The van der Waals surface area contributed by atoms with Gasteiger partial charge in [-0.25, -0.2) is 9.97 Å². The first-order valence-electron chi connectivity index (χ1n) is 6.44. The van der Waals surface area contributed by atoms with Gasteiger partial charge in [-0.15, -0.1) is 0 Å². The zero-order valence-corrected chi connectivity index (χ0v) is 13.1. The number of halogens is 1. The molecule has 8 heteroatoms. The molecule has 1 unspecified atom stereocenters. The Morgan fingerprint density at radius 2 is 2.05 bits per heavy atom. The van der Waals surface area contributed by atoms with Crippen LogP contribution in [0.25, 0.3) is 0 Å². The molecule has 1 fully saturated rings. The summed E-state index contributed by atoms with van der Waals surface area (Å²) in [6.45, 7) is 4.29. The Morgan fingerprint density at radius 1 is 1.40 bits per heavy atom. The van der Waals surface area contributed by atoms with Crippen LogP contribution in [0, 0.1) is 0 Å². The van der Waals surface area contributed by atoms with E-state index in [-0.39, 0.29) is 11.9 Å². The summed E-state index contributed by atoms with van der Waals surface area (Å²) in [5, 5.41) is 6.06. The molecular formula is C12H18BrN5O2. The van der Waals surface area contributed by atoms with Crippen LogP contribution in [0.4, 0.5) is 11.6 Å². The number of carbonyl (C=O) groups is 1. The first-order chi connectivity index (χ1) is 9.63. The molecule has 0 bridgehead atoms. The zero-order valence-electron chi connectivity index (χ0n) is 11.5. The molecule has 20 heavy (non-hydrogen) atoms. The van der Waals surface area contributed by atoms with Crippen molar-refractivity contribution in [2.24, 2.45) is 0 Å². The largest absolute Gasteiger partial charge is 0.378 e. The van der Waals surface area contributed by atoms with Crippen LogP contribution in [-0.2, 0) is 9.53 Å². The molecule has 2 rings (SSSR count). The van der Waals surface area contributed by atoms with E-state index in [1.807, 2.05) is 6.92 Å². The smallest absolute Gasteiger partial charge is 0.244 e. The number of nitrogens with one attached hydrogen (secondary N) is 2. The number of hydrogen-bond acceptors (Lipinski definition) is 6. The number of rotatable bonds is 4. The summed E-state index contributed by atoms with van der Waals surface area (Å²) in [6.07, 6.45) is 1.45. The van der Waals surface area contributed by atoms with Crippen molar-refractivity contribution in [3.8, 4) is 0 Å². The number of anilines is 2. The summed E-state index contributed by atoms with van der Waals surface area (Å²) in [5.41, 5.74) is 0. The second-order valence-electron chi connectivity index (χ2n) is 4.44. The van der Waals surface area contributed by atoms with Gasteiger partial charge in [0.2, 0.25) is 5.91 Å². The number of morpholine rings is 1. The first kappa shape index (κ1) is 15.0. The SMILES string of the molecule is CNc1ncnc(NC(C)C(=O)N2CCOCC2)c1Br. The molecular weight excluding hydrogens is 326 g/mol. The summed E-state index contributed by atoms with van der Waals surface area (Å²) in [7, 11) is 1.78. The Bertz CT molecular complexity index is 479. The van der Waals surface area contributed by atoms with Crippen LogP contribution in [0.1, 0.15) is 6.92 Å². The van der Waals surface area contributed by atoms with Crippen LogP contribution in [0.3, 0.4) is 0 Å². The molecule has 0 radical (unpaired) electrons. The predicted molar refractivity (Wildman–Crippen MR) is 79.8 cm³/mol. The van der Waals surface area contributed by atoms with Crippen molar-refractivity contribution >= 4 is 33.5 Å². The highest BCUT2D eigenvalue weighted by Gasteiger charge is 2.23. The molecule has 1 atom stereocenters. The zero-order chi connectivity index (χ0) is 14.5. The topological polar surface area (TPSA) is 79.4 Å². The number of nitrogens with zero attached hydrogens (tertiary/aromatic N) is 3. The Labute approximate surface area is 126 Å². The maximum atomic E-state index is 12.3. The number of hydrogen-bond donors (Lipinski definition) is 2. The monoisotopic (exact) mass is 343 g/mol. The van der Waals surface area contributed by atoms with Crippen LogP contribution in [0.2, 0.25) is 0 Å². The van der Waals surface area contributed by atoms with Crippen molar-refractivity contribution in [1.82, 2.24) is 14.9 Å². The Balaban J connectivity index is 2.03. The molecule has 2 N–H and O–H groups in total. The first-order valence-corrected chi connectivity index (χ1v) is 7.24. The molecule has 0 aromatic carbocycles. The molecule has 0 aliphatic carbocycles. The Kier molecular flexibility index (Phi) is 5.13. The lowest BCUT2D eigenvalue weighted by Crippen LogP contribution is -2.47.